The highest BCUT2D eigenvalue weighted by atomic mass is 32.1. The number of nitrogens with zero attached hydrogens (tertiary/aromatic N) is 5. The summed E-state index contributed by atoms with van der Waals surface area (Å²) in [6.45, 7) is 8.92. The van der Waals surface area contributed by atoms with Gasteiger partial charge in [-0.1, -0.05) is 37.3 Å². The number of benzene rings is 1. The zero-order valence-corrected chi connectivity index (χ0v) is 20.6. The molecule has 35 heavy (non-hydrogen) atoms. The molecule has 1 N–H and O–H groups in total. The number of carbonyl (C=O) groups is 2. The number of aliphatic imine (C=N–C) groups is 1. The summed E-state index contributed by atoms with van der Waals surface area (Å²) in [5.74, 6) is -2.29. The lowest BCUT2D eigenvalue weighted by atomic mass is 9.98. The molecule has 2 aliphatic heterocycles. The Balaban J connectivity index is 1.43. The summed E-state index contributed by atoms with van der Waals surface area (Å²) in [7, 11) is 0. The first-order valence-electron chi connectivity index (χ1n) is 11.5. The Morgan fingerprint density at radius 1 is 1.26 bits per heavy atom. The molecule has 1 saturated heterocycles. The maximum absolute atomic E-state index is 13.8. The normalized spacial score (nSPS) is 20.3. The molecule has 0 aliphatic carbocycles. The van der Waals surface area contributed by atoms with Crippen molar-refractivity contribution in [3.05, 3.63) is 24.3 Å². The number of halogens is 3. The van der Waals surface area contributed by atoms with Crippen LogP contribution in [-0.4, -0.2) is 78.6 Å². The number of hydrogen-bond donors (Lipinski definition) is 1. The molecule has 1 atom stereocenters. The fourth-order valence-electron chi connectivity index (χ4n) is 4.28. The number of anilines is 1. The van der Waals surface area contributed by atoms with E-state index in [1.807, 2.05) is 18.7 Å². The van der Waals surface area contributed by atoms with Crippen molar-refractivity contribution in [2.24, 2.45) is 21.9 Å². The number of aromatic nitrogens is 1. The van der Waals surface area contributed by atoms with E-state index in [0.29, 0.717) is 25.2 Å². The van der Waals surface area contributed by atoms with E-state index in [9.17, 15) is 22.8 Å². The van der Waals surface area contributed by atoms with Gasteiger partial charge in [0.15, 0.2) is 5.71 Å². The molecule has 1 fully saturated rings. The highest BCUT2D eigenvalue weighted by molar-refractivity contribution is 7.22. The molecule has 12 heteroatoms. The fraction of sp³-hybridized carbons (Fsp3) is 0.522. The van der Waals surface area contributed by atoms with E-state index >= 15 is 0 Å². The molecule has 1 aromatic carbocycles. The number of quaternary nitrogens is 1. The summed E-state index contributed by atoms with van der Waals surface area (Å²) in [6, 6.07) is 7.09. The largest absolute Gasteiger partial charge is 0.432 e. The number of carbonyl (C=O) groups excluding carboxylic acids is 2. The van der Waals surface area contributed by atoms with Crippen LogP contribution < -0.4 is 9.91 Å². The summed E-state index contributed by atoms with van der Waals surface area (Å²) >= 11 is 1.11. The molecule has 188 valence electrons. The van der Waals surface area contributed by atoms with Gasteiger partial charge >= 0.3 is 6.18 Å². The first-order chi connectivity index (χ1) is 16.6. The topological polar surface area (TPSA) is 82.7 Å². The number of rotatable bonds is 6. The summed E-state index contributed by atoms with van der Waals surface area (Å²) in [6.07, 6.45) is -4.77. The fourth-order valence-corrected chi connectivity index (χ4v) is 5.20. The zero-order valence-electron chi connectivity index (χ0n) is 19.8. The van der Waals surface area contributed by atoms with Gasteiger partial charge in [-0.05, 0) is 19.1 Å². The van der Waals surface area contributed by atoms with Gasteiger partial charge in [-0.15, -0.1) is 0 Å². The monoisotopic (exact) mass is 509 g/mol. The van der Waals surface area contributed by atoms with Crippen molar-refractivity contribution < 1.29 is 27.7 Å². The van der Waals surface area contributed by atoms with E-state index in [0.717, 1.165) is 34.1 Å². The molecule has 0 radical (unpaired) electrons. The third-order valence-electron chi connectivity index (χ3n) is 6.21. The number of alkyl halides is 3. The molecule has 2 amide bonds. The van der Waals surface area contributed by atoms with Crippen LogP contribution in [0.5, 0.6) is 0 Å². The Bertz CT molecular complexity index is 1130. The molecule has 0 saturated carbocycles. The Kier molecular flexibility index (Phi) is 7.22. The van der Waals surface area contributed by atoms with Crippen molar-refractivity contribution in [3.63, 3.8) is 0 Å². The van der Waals surface area contributed by atoms with Crippen molar-refractivity contribution in [2.75, 3.05) is 44.3 Å². The Hall–Kier alpha value is -2.86. The Labute approximate surface area is 205 Å². The van der Waals surface area contributed by atoms with E-state index in [1.165, 1.54) is 11.8 Å². The van der Waals surface area contributed by atoms with Crippen LogP contribution in [0.4, 0.5) is 18.3 Å². The first-order valence-corrected chi connectivity index (χ1v) is 12.4. The van der Waals surface area contributed by atoms with Crippen LogP contribution >= 0.6 is 11.3 Å². The Morgan fingerprint density at radius 2 is 1.94 bits per heavy atom. The highest BCUT2D eigenvalue weighted by Gasteiger charge is 2.52. The molecular formula is C23H28F3N6O2S+. The van der Waals surface area contributed by atoms with Crippen LogP contribution in [-0.2, 0) is 9.59 Å². The van der Waals surface area contributed by atoms with E-state index in [2.05, 4.69) is 15.1 Å². The van der Waals surface area contributed by atoms with Gasteiger partial charge in [0.05, 0.1) is 49.5 Å². The number of piperazine rings is 1. The maximum Gasteiger partial charge on any atom is 0.432 e. The second-order valence-corrected chi connectivity index (χ2v) is 10.0. The number of amides is 2. The third-order valence-corrected chi connectivity index (χ3v) is 7.22. The highest BCUT2D eigenvalue weighted by Crippen LogP contribution is 2.36. The van der Waals surface area contributed by atoms with Gasteiger partial charge in [0.25, 0.3) is 5.91 Å². The van der Waals surface area contributed by atoms with Crippen molar-refractivity contribution in [1.29, 1.82) is 0 Å². The first kappa shape index (κ1) is 25.2. The number of fused-ring (bicyclic) bond motifs is 1. The quantitative estimate of drug-likeness (QED) is 0.605. The second-order valence-electron chi connectivity index (χ2n) is 9.03. The van der Waals surface area contributed by atoms with Crippen molar-refractivity contribution in [3.8, 4) is 0 Å². The van der Waals surface area contributed by atoms with E-state index in [1.54, 1.807) is 24.3 Å². The van der Waals surface area contributed by atoms with Crippen molar-refractivity contribution in [2.45, 2.75) is 26.9 Å². The minimum absolute atomic E-state index is 0.0421. The van der Waals surface area contributed by atoms with Crippen LogP contribution in [0.25, 0.3) is 10.2 Å². The van der Waals surface area contributed by atoms with Gasteiger partial charge in [0, 0.05) is 11.6 Å². The standard InChI is InChI=1S/C23H27F3N6O2S/c1-14(2)20(33)31-12-10-30(11-13-31)9-8-27-15(3)18-19(23(24,25)26)29-32(21(18)34)22-28-16-6-4-5-7-17(16)35-22/h4-7,14,18H,8-13H2,1-3H3/p+1. The van der Waals surface area contributed by atoms with Gasteiger partial charge in [0.1, 0.15) is 5.92 Å². The third kappa shape index (κ3) is 5.37. The van der Waals surface area contributed by atoms with E-state index in [-0.39, 0.29) is 29.2 Å². The average molecular weight is 510 g/mol. The van der Waals surface area contributed by atoms with E-state index in [4.69, 9.17) is 0 Å². The van der Waals surface area contributed by atoms with Crippen molar-refractivity contribution in [1.82, 2.24) is 9.88 Å². The number of thiazole rings is 1. The van der Waals surface area contributed by atoms with Crippen molar-refractivity contribution >= 4 is 49.9 Å². The van der Waals surface area contributed by atoms with Crippen LogP contribution in [0, 0.1) is 11.8 Å². The molecule has 4 rings (SSSR count). The summed E-state index contributed by atoms with van der Waals surface area (Å²) in [4.78, 5) is 36.9. The minimum Gasteiger partial charge on any atom is -0.331 e. The van der Waals surface area contributed by atoms with Crippen LogP contribution in [0.1, 0.15) is 20.8 Å². The van der Waals surface area contributed by atoms with Gasteiger partial charge in [-0.3, -0.25) is 14.6 Å². The maximum atomic E-state index is 13.8. The van der Waals surface area contributed by atoms with Gasteiger partial charge in [-0.2, -0.15) is 23.3 Å². The summed E-state index contributed by atoms with van der Waals surface area (Å²) in [5, 5.41) is 4.51. The predicted molar refractivity (Wildman–Crippen MR) is 129 cm³/mol. The molecule has 3 heterocycles. The molecular weight excluding hydrogens is 481 g/mol. The molecule has 2 aromatic rings. The molecule has 1 unspecified atom stereocenters. The molecule has 2 aliphatic rings. The van der Waals surface area contributed by atoms with Crippen LogP contribution in [0.2, 0.25) is 0 Å². The summed E-state index contributed by atoms with van der Waals surface area (Å²) in [5.41, 5.74) is -0.491. The molecule has 1 aromatic heterocycles. The number of hydrazone groups is 1. The summed E-state index contributed by atoms with van der Waals surface area (Å²) < 4.78 is 42.1. The molecule has 8 nitrogen and oxygen atoms in total. The Morgan fingerprint density at radius 3 is 2.57 bits per heavy atom. The molecule has 0 bridgehead atoms. The number of para-hydroxylation sites is 1. The average Bonchev–Trinajstić information content (AvgIpc) is 3.39. The zero-order chi connectivity index (χ0) is 25.3. The van der Waals surface area contributed by atoms with Gasteiger partial charge < -0.3 is 9.80 Å². The second kappa shape index (κ2) is 10.0. The predicted octanol–water partition coefficient (Wildman–Crippen LogP) is 2.02. The lowest BCUT2D eigenvalue weighted by Crippen LogP contribution is -3.15. The SMILES string of the molecule is CC(=NCC[NH+]1CCN(C(=O)C(C)C)CC1)C1C(=O)N(c2nc3ccccc3s2)N=C1C(F)(F)F. The molecule has 0 spiro atoms. The lowest BCUT2D eigenvalue weighted by Gasteiger charge is -2.33. The number of hydrogen-bond acceptors (Lipinski definition) is 6. The van der Waals surface area contributed by atoms with E-state index < -0.39 is 23.7 Å². The smallest absolute Gasteiger partial charge is 0.331 e. The minimum atomic E-state index is -4.77. The van der Waals surface area contributed by atoms with Crippen LogP contribution in [0.3, 0.4) is 0 Å². The van der Waals surface area contributed by atoms with Gasteiger partial charge in [0.2, 0.25) is 11.0 Å². The van der Waals surface area contributed by atoms with Gasteiger partial charge in [-0.25, -0.2) is 4.98 Å². The van der Waals surface area contributed by atoms with Crippen LogP contribution in [0.15, 0.2) is 34.4 Å². The lowest BCUT2D eigenvalue weighted by molar-refractivity contribution is -0.902. The number of nitrogens with one attached hydrogen (secondary N) is 1.